The number of ketones is 1. The van der Waals surface area contributed by atoms with E-state index in [0.717, 1.165) is 11.1 Å². The van der Waals surface area contributed by atoms with Crippen molar-refractivity contribution < 1.29 is 19.0 Å². The molecule has 146 valence electrons. The minimum absolute atomic E-state index is 0.128. The Bertz CT molecular complexity index is 983. The monoisotopic (exact) mass is 380 g/mol. The Morgan fingerprint density at radius 3 is 2.18 bits per heavy atom. The summed E-state index contributed by atoms with van der Waals surface area (Å²) in [6.45, 7) is 2.66. The highest BCUT2D eigenvalue weighted by Gasteiger charge is 2.21. The van der Waals surface area contributed by atoms with E-state index >= 15 is 0 Å². The van der Waals surface area contributed by atoms with Gasteiger partial charge in [-0.2, -0.15) is 0 Å². The fraction of sp³-hybridized carbons (Fsp3) is 0.227. The number of nitrogen functional groups attached to an aromatic ring is 1. The lowest BCUT2D eigenvalue weighted by Crippen LogP contribution is -2.09. The van der Waals surface area contributed by atoms with Crippen LogP contribution in [0, 0.1) is 0 Å². The highest BCUT2D eigenvalue weighted by Crippen LogP contribution is 2.39. The summed E-state index contributed by atoms with van der Waals surface area (Å²) in [5.41, 5.74) is 9.52. The molecular weight excluding hydrogens is 356 g/mol. The predicted molar refractivity (Wildman–Crippen MR) is 109 cm³/mol. The van der Waals surface area contributed by atoms with Gasteiger partial charge >= 0.3 is 0 Å². The molecule has 0 fully saturated rings. The van der Waals surface area contributed by atoms with Crippen molar-refractivity contribution in [3.8, 4) is 28.4 Å². The third-order valence-electron chi connectivity index (χ3n) is 4.62. The molecule has 0 radical (unpaired) electrons. The third kappa shape index (κ3) is 3.53. The van der Waals surface area contributed by atoms with Crippen LogP contribution in [0.2, 0.25) is 0 Å². The number of ether oxygens (including phenoxy) is 3. The first-order valence-electron chi connectivity index (χ1n) is 8.93. The fourth-order valence-corrected chi connectivity index (χ4v) is 3.20. The molecule has 2 N–H and O–H groups in total. The van der Waals surface area contributed by atoms with Crippen molar-refractivity contribution >= 4 is 11.5 Å². The van der Waals surface area contributed by atoms with E-state index in [1.165, 1.54) is 21.3 Å². The van der Waals surface area contributed by atoms with Crippen molar-refractivity contribution in [1.82, 2.24) is 4.57 Å². The average molecular weight is 380 g/mol. The molecule has 0 atom stereocenters. The number of nitrogens with two attached hydrogens (primary N) is 1. The zero-order valence-corrected chi connectivity index (χ0v) is 16.5. The van der Waals surface area contributed by atoms with Gasteiger partial charge in [-0.3, -0.25) is 4.79 Å². The molecule has 0 aliphatic heterocycles. The van der Waals surface area contributed by atoms with E-state index in [0.29, 0.717) is 40.7 Å². The van der Waals surface area contributed by atoms with Gasteiger partial charge in [0.1, 0.15) is 0 Å². The summed E-state index contributed by atoms with van der Waals surface area (Å²) in [6.07, 6.45) is 1.96. The molecule has 2 aromatic carbocycles. The van der Waals surface area contributed by atoms with Gasteiger partial charge in [0, 0.05) is 29.6 Å². The SMILES string of the molecule is CCn1cc(-c2cccc(N)c2)cc1C(=O)c1cc(OC)c(OC)c(OC)c1. The number of aromatic nitrogens is 1. The van der Waals surface area contributed by atoms with Gasteiger partial charge < -0.3 is 24.5 Å². The molecule has 3 aromatic rings. The van der Waals surface area contributed by atoms with Gasteiger partial charge in [-0.05, 0) is 42.8 Å². The molecule has 0 aliphatic rings. The number of carbonyl (C=O) groups excluding carboxylic acids is 1. The Labute approximate surface area is 164 Å². The number of hydrogen-bond acceptors (Lipinski definition) is 5. The van der Waals surface area contributed by atoms with Crippen molar-refractivity contribution in [1.29, 1.82) is 0 Å². The third-order valence-corrected chi connectivity index (χ3v) is 4.62. The number of hydrogen-bond donors (Lipinski definition) is 1. The summed E-state index contributed by atoms with van der Waals surface area (Å²) in [7, 11) is 4.58. The first-order chi connectivity index (χ1) is 13.5. The zero-order valence-electron chi connectivity index (χ0n) is 16.5. The Morgan fingerprint density at radius 2 is 1.64 bits per heavy atom. The molecule has 1 heterocycles. The van der Waals surface area contributed by atoms with Crippen molar-refractivity contribution in [2.24, 2.45) is 0 Å². The number of rotatable bonds is 7. The predicted octanol–water partition coefficient (Wildman–Crippen LogP) is 4.01. The smallest absolute Gasteiger partial charge is 0.209 e. The van der Waals surface area contributed by atoms with Crippen LogP contribution >= 0.6 is 0 Å². The Morgan fingerprint density at radius 1 is 0.964 bits per heavy atom. The summed E-state index contributed by atoms with van der Waals surface area (Å²) < 4.78 is 18.0. The summed E-state index contributed by atoms with van der Waals surface area (Å²) in [5.74, 6) is 1.20. The van der Waals surface area contributed by atoms with Crippen LogP contribution in [0.15, 0.2) is 48.7 Å². The Balaban J connectivity index is 2.08. The van der Waals surface area contributed by atoms with Crippen LogP contribution in [0.1, 0.15) is 23.0 Å². The van der Waals surface area contributed by atoms with Gasteiger partial charge in [0.25, 0.3) is 0 Å². The molecule has 28 heavy (non-hydrogen) atoms. The number of aryl methyl sites for hydroxylation is 1. The average Bonchev–Trinajstić information content (AvgIpc) is 3.16. The van der Waals surface area contributed by atoms with E-state index in [2.05, 4.69) is 0 Å². The molecule has 0 saturated heterocycles. The molecule has 0 aliphatic carbocycles. The van der Waals surface area contributed by atoms with Crippen LogP contribution in [0.3, 0.4) is 0 Å². The van der Waals surface area contributed by atoms with Crippen LogP contribution in [-0.4, -0.2) is 31.7 Å². The topological polar surface area (TPSA) is 75.7 Å². The van der Waals surface area contributed by atoms with E-state index in [-0.39, 0.29) is 5.78 Å². The molecule has 6 nitrogen and oxygen atoms in total. The highest BCUT2D eigenvalue weighted by atomic mass is 16.5. The Kier molecular flexibility index (Phi) is 5.59. The fourth-order valence-electron chi connectivity index (χ4n) is 3.20. The Hall–Kier alpha value is -3.41. The van der Waals surface area contributed by atoms with Gasteiger partial charge in [0.15, 0.2) is 11.5 Å². The van der Waals surface area contributed by atoms with Gasteiger partial charge in [0.2, 0.25) is 11.5 Å². The van der Waals surface area contributed by atoms with Crippen molar-refractivity contribution in [3.05, 3.63) is 59.9 Å². The van der Waals surface area contributed by atoms with Crippen LogP contribution in [0.4, 0.5) is 5.69 Å². The second kappa shape index (κ2) is 8.08. The highest BCUT2D eigenvalue weighted by molar-refractivity contribution is 6.09. The van der Waals surface area contributed by atoms with Gasteiger partial charge in [-0.25, -0.2) is 0 Å². The van der Waals surface area contributed by atoms with Crippen LogP contribution in [-0.2, 0) is 6.54 Å². The number of nitrogens with zero attached hydrogens (tertiary/aromatic N) is 1. The van der Waals surface area contributed by atoms with E-state index in [1.54, 1.807) is 12.1 Å². The lowest BCUT2D eigenvalue weighted by Gasteiger charge is -2.14. The summed E-state index contributed by atoms with van der Waals surface area (Å²) in [5, 5.41) is 0. The zero-order chi connectivity index (χ0) is 20.3. The molecule has 1 aromatic heterocycles. The largest absolute Gasteiger partial charge is 0.493 e. The van der Waals surface area contributed by atoms with E-state index in [4.69, 9.17) is 19.9 Å². The van der Waals surface area contributed by atoms with Gasteiger partial charge in [-0.15, -0.1) is 0 Å². The van der Waals surface area contributed by atoms with Crippen LogP contribution in [0.5, 0.6) is 17.2 Å². The van der Waals surface area contributed by atoms with Crippen LogP contribution < -0.4 is 19.9 Å². The standard InChI is InChI=1S/C22H24N2O4/c1-5-24-13-16(14-7-6-8-17(23)9-14)10-18(24)21(25)15-11-19(26-2)22(28-4)20(12-15)27-3/h6-13H,5,23H2,1-4H3. The number of methoxy groups -OCH3 is 3. The van der Waals surface area contributed by atoms with E-state index in [9.17, 15) is 4.79 Å². The van der Waals surface area contributed by atoms with Crippen molar-refractivity contribution in [2.45, 2.75) is 13.5 Å². The normalized spacial score (nSPS) is 10.6. The number of anilines is 1. The number of benzene rings is 2. The molecule has 0 amide bonds. The molecule has 0 spiro atoms. The quantitative estimate of drug-likeness (QED) is 0.495. The maximum absolute atomic E-state index is 13.3. The first-order valence-corrected chi connectivity index (χ1v) is 8.93. The second-order valence-electron chi connectivity index (χ2n) is 6.27. The summed E-state index contributed by atoms with van der Waals surface area (Å²) in [4.78, 5) is 13.3. The molecule has 3 rings (SSSR count). The van der Waals surface area contributed by atoms with Crippen LogP contribution in [0.25, 0.3) is 11.1 Å². The van der Waals surface area contributed by atoms with Gasteiger partial charge in [-0.1, -0.05) is 12.1 Å². The molecular formula is C22H24N2O4. The summed E-state index contributed by atoms with van der Waals surface area (Å²) >= 11 is 0. The van der Waals surface area contributed by atoms with Crippen molar-refractivity contribution in [3.63, 3.8) is 0 Å². The van der Waals surface area contributed by atoms with E-state index in [1.807, 2.05) is 48.0 Å². The molecule has 6 heteroatoms. The minimum Gasteiger partial charge on any atom is -0.493 e. The van der Waals surface area contributed by atoms with E-state index < -0.39 is 0 Å². The lowest BCUT2D eigenvalue weighted by molar-refractivity contribution is 0.102. The second-order valence-corrected chi connectivity index (χ2v) is 6.27. The molecule has 0 unspecified atom stereocenters. The number of carbonyl (C=O) groups is 1. The van der Waals surface area contributed by atoms with Crippen molar-refractivity contribution in [2.75, 3.05) is 27.1 Å². The first kappa shape index (κ1) is 19.4. The summed E-state index contributed by atoms with van der Waals surface area (Å²) in [6, 6.07) is 12.8. The maximum atomic E-state index is 13.3. The minimum atomic E-state index is -0.128. The van der Waals surface area contributed by atoms with Gasteiger partial charge in [0.05, 0.1) is 27.0 Å². The molecule has 0 bridgehead atoms. The molecule has 0 saturated carbocycles. The lowest BCUT2D eigenvalue weighted by atomic mass is 10.0. The maximum Gasteiger partial charge on any atom is 0.209 e.